The summed E-state index contributed by atoms with van der Waals surface area (Å²) in [5.74, 6) is 1.37. The van der Waals surface area contributed by atoms with Crippen molar-refractivity contribution in [3.05, 3.63) is 36.2 Å². The maximum absolute atomic E-state index is 9.69. The van der Waals surface area contributed by atoms with Gasteiger partial charge >= 0.3 is 0 Å². The normalized spacial score (nSPS) is 25.4. The van der Waals surface area contributed by atoms with E-state index in [4.69, 9.17) is 0 Å². The van der Waals surface area contributed by atoms with Crippen LogP contribution in [0.1, 0.15) is 38.4 Å². The van der Waals surface area contributed by atoms with Crippen LogP contribution in [0, 0.1) is 22.7 Å². The van der Waals surface area contributed by atoms with Gasteiger partial charge in [0.15, 0.2) is 5.82 Å². The fourth-order valence-corrected chi connectivity index (χ4v) is 3.35. The highest BCUT2D eigenvalue weighted by atomic mass is 15.5. The number of hydrogen-bond acceptors (Lipinski definition) is 4. The van der Waals surface area contributed by atoms with E-state index in [0.29, 0.717) is 12.3 Å². The standard InChI is InChI=1S/C16H19N5/c1-13-6-5-9-16(10-13,12-17)11-15-18-19-20-21(15)14-7-3-2-4-8-14/h2-4,7-8,13H,5-6,9-11H2,1H3. The molecule has 0 amide bonds. The second-order valence-corrected chi connectivity index (χ2v) is 6.11. The molecule has 1 saturated carbocycles. The average Bonchev–Trinajstić information content (AvgIpc) is 2.96. The van der Waals surface area contributed by atoms with Crippen molar-refractivity contribution >= 4 is 0 Å². The summed E-state index contributed by atoms with van der Waals surface area (Å²) in [4.78, 5) is 0. The number of para-hydroxylation sites is 1. The highest BCUT2D eigenvalue weighted by Gasteiger charge is 2.37. The molecule has 0 spiro atoms. The van der Waals surface area contributed by atoms with Gasteiger partial charge in [-0.2, -0.15) is 9.94 Å². The van der Waals surface area contributed by atoms with Crippen LogP contribution in [0.15, 0.2) is 30.3 Å². The van der Waals surface area contributed by atoms with Crippen LogP contribution in [0.4, 0.5) is 0 Å². The van der Waals surface area contributed by atoms with Gasteiger partial charge < -0.3 is 0 Å². The van der Waals surface area contributed by atoms with Gasteiger partial charge in [-0.3, -0.25) is 0 Å². The molecule has 0 saturated heterocycles. The lowest BCUT2D eigenvalue weighted by Gasteiger charge is -2.33. The Morgan fingerprint density at radius 2 is 2.19 bits per heavy atom. The van der Waals surface area contributed by atoms with E-state index < -0.39 is 0 Å². The summed E-state index contributed by atoms with van der Waals surface area (Å²) >= 11 is 0. The molecule has 0 aliphatic heterocycles. The number of nitriles is 1. The molecule has 2 aromatic rings. The molecule has 108 valence electrons. The Morgan fingerprint density at radius 3 is 2.90 bits per heavy atom. The molecule has 0 N–H and O–H groups in total. The first-order valence-corrected chi connectivity index (χ1v) is 7.46. The van der Waals surface area contributed by atoms with Gasteiger partial charge in [-0.25, -0.2) is 0 Å². The molecule has 1 fully saturated rings. The lowest BCUT2D eigenvalue weighted by Crippen LogP contribution is -2.29. The number of nitrogens with zero attached hydrogens (tertiary/aromatic N) is 5. The van der Waals surface area contributed by atoms with E-state index in [2.05, 4.69) is 28.5 Å². The molecule has 2 atom stereocenters. The second-order valence-electron chi connectivity index (χ2n) is 6.11. The number of tetrazole rings is 1. The highest BCUT2D eigenvalue weighted by Crippen LogP contribution is 2.41. The summed E-state index contributed by atoms with van der Waals surface area (Å²) in [6, 6.07) is 12.4. The van der Waals surface area contributed by atoms with Crippen LogP contribution >= 0.6 is 0 Å². The van der Waals surface area contributed by atoms with Crippen molar-refractivity contribution in [2.24, 2.45) is 11.3 Å². The van der Waals surface area contributed by atoms with Crippen LogP contribution in [0.3, 0.4) is 0 Å². The first-order chi connectivity index (χ1) is 10.2. The molecule has 5 nitrogen and oxygen atoms in total. The summed E-state index contributed by atoms with van der Waals surface area (Å²) in [5.41, 5.74) is 0.619. The van der Waals surface area contributed by atoms with Gasteiger partial charge in [-0.1, -0.05) is 38.0 Å². The van der Waals surface area contributed by atoms with E-state index in [0.717, 1.165) is 30.8 Å². The molecule has 0 bridgehead atoms. The van der Waals surface area contributed by atoms with Crippen molar-refractivity contribution in [3.8, 4) is 11.8 Å². The largest absolute Gasteiger partial charge is 0.198 e. The van der Waals surface area contributed by atoms with Gasteiger partial charge in [0.05, 0.1) is 17.2 Å². The zero-order chi connectivity index (χ0) is 14.7. The van der Waals surface area contributed by atoms with Gasteiger partial charge in [0, 0.05) is 6.42 Å². The number of hydrogen-bond donors (Lipinski definition) is 0. The van der Waals surface area contributed by atoms with Crippen LogP contribution in [0.25, 0.3) is 5.69 Å². The SMILES string of the molecule is CC1CCCC(C#N)(Cc2nnnn2-c2ccccc2)C1. The quantitative estimate of drug-likeness (QED) is 0.867. The van der Waals surface area contributed by atoms with Crippen molar-refractivity contribution in [1.29, 1.82) is 5.26 Å². The summed E-state index contributed by atoms with van der Waals surface area (Å²) in [7, 11) is 0. The van der Waals surface area contributed by atoms with Crippen LogP contribution in [0.5, 0.6) is 0 Å². The van der Waals surface area contributed by atoms with Crippen molar-refractivity contribution in [2.75, 3.05) is 0 Å². The second kappa shape index (κ2) is 5.65. The van der Waals surface area contributed by atoms with Crippen LogP contribution in [-0.4, -0.2) is 20.2 Å². The maximum Gasteiger partial charge on any atom is 0.158 e. The van der Waals surface area contributed by atoms with E-state index >= 15 is 0 Å². The molecule has 0 radical (unpaired) electrons. The topological polar surface area (TPSA) is 67.4 Å². The number of rotatable bonds is 3. The molecule has 3 rings (SSSR count). The Balaban J connectivity index is 1.89. The fourth-order valence-electron chi connectivity index (χ4n) is 3.35. The van der Waals surface area contributed by atoms with Gasteiger partial charge in [0.25, 0.3) is 0 Å². The molecule has 1 aliphatic rings. The monoisotopic (exact) mass is 281 g/mol. The Hall–Kier alpha value is -2.22. The Labute approximate surface area is 124 Å². The van der Waals surface area contributed by atoms with Crippen LogP contribution in [-0.2, 0) is 6.42 Å². The fraction of sp³-hybridized carbons (Fsp3) is 0.500. The van der Waals surface area contributed by atoms with Gasteiger partial charge in [-0.15, -0.1) is 5.10 Å². The predicted octanol–water partition coefficient (Wildman–Crippen LogP) is 2.92. The predicted molar refractivity (Wildman–Crippen MR) is 78.5 cm³/mol. The van der Waals surface area contributed by atoms with E-state index in [-0.39, 0.29) is 5.41 Å². The van der Waals surface area contributed by atoms with E-state index in [9.17, 15) is 5.26 Å². The lowest BCUT2D eigenvalue weighted by atomic mass is 9.69. The molecule has 1 aromatic heterocycles. The summed E-state index contributed by atoms with van der Waals surface area (Å²) in [6.07, 6.45) is 4.82. The highest BCUT2D eigenvalue weighted by molar-refractivity contribution is 5.30. The average molecular weight is 281 g/mol. The van der Waals surface area contributed by atoms with Crippen molar-refractivity contribution in [2.45, 2.75) is 39.0 Å². The van der Waals surface area contributed by atoms with Crippen LogP contribution < -0.4 is 0 Å². The van der Waals surface area contributed by atoms with E-state index in [1.54, 1.807) is 4.68 Å². The smallest absolute Gasteiger partial charge is 0.158 e. The minimum Gasteiger partial charge on any atom is -0.198 e. The van der Waals surface area contributed by atoms with E-state index in [1.807, 2.05) is 30.3 Å². The summed E-state index contributed by atoms with van der Waals surface area (Å²) < 4.78 is 1.75. The molecular formula is C16H19N5. The minimum atomic E-state index is -0.321. The first-order valence-electron chi connectivity index (χ1n) is 7.46. The van der Waals surface area contributed by atoms with Gasteiger partial charge in [0.2, 0.25) is 0 Å². The molecule has 1 heterocycles. The summed E-state index contributed by atoms with van der Waals surface area (Å²) in [5, 5.41) is 21.7. The van der Waals surface area contributed by atoms with Crippen molar-refractivity contribution in [3.63, 3.8) is 0 Å². The third-order valence-corrected chi connectivity index (χ3v) is 4.36. The third-order valence-electron chi connectivity index (χ3n) is 4.36. The molecular weight excluding hydrogens is 262 g/mol. The van der Waals surface area contributed by atoms with Gasteiger partial charge in [-0.05, 0) is 41.3 Å². The van der Waals surface area contributed by atoms with Crippen LogP contribution in [0.2, 0.25) is 0 Å². The molecule has 2 unspecified atom stereocenters. The summed E-state index contributed by atoms with van der Waals surface area (Å²) in [6.45, 7) is 2.23. The Kier molecular flexibility index (Phi) is 3.70. The zero-order valence-corrected chi connectivity index (χ0v) is 12.2. The van der Waals surface area contributed by atoms with Gasteiger partial charge in [0.1, 0.15) is 0 Å². The molecule has 21 heavy (non-hydrogen) atoms. The number of aromatic nitrogens is 4. The first kappa shape index (κ1) is 13.7. The van der Waals surface area contributed by atoms with Crippen molar-refractivity contribution < 1.29 is 0 Å². The maximum atomic E-state index is 9.69. The number of benzene rings is 1. The lowest BCUT2D eigenvalue weighted by molar-refractivity contribution is 0.205. The Morgan fingerprint density at radius 1 is 1.38 bits per heavy atom. The molecule has 1 aliphatic carbocycles. The minimum absolute atomic E-state index is 0.321. The van der Waals surface area contributed by atoms with E-state index in [1.165, 1.54) is 6.42 Å². The molecule has 1 aromatic carbocycles. The molecule has 5 heteroatoms. The van der Waals surface area contributed by atoms with Crippen molar-refractivity contribution in [1.82, 2.24) is 20.2 Å². The zero-order valence-electron chi connectivity index (χ0n) is 12.2. The Bertz CT molecular complexity index is 642. The third kappa shape index (κ3) is 2.80.